The zero-order chi connectivity index (χ0) is 12.0. The van der Waals surface area contributed by atoms with Crippen LogP contribution in [0.25, 0.3) is 0 Å². The van der Waals surface area contributed by atoms with Gasteiger partial charge in [-0.3, -0.25) is 10.1 Å². The van der Waals surface area contributed by atoms with Gasteiger partial charge < -0.3 is 9.47 Å². The number of nitro groups is 1. The Morgan fingerprint density at radius 3 is 2.44 bits per heavy atom. The van der Waals surface area contributed by atoms with E-state index >= 15 is 0 Å². The van der Waals surface area contributed by atoms with Crippen molar-refractivity contribution in [2.45, 2.75) is 20.1 Å². The summed E-state index contributed by atoms with van der Waals surface area (Å²) in [5.74, 6) is 0. The molecular formula is C10H14N2O4. The van der Waals surface area contributed by atoms with E-state index in [2.05, 4.69) is 4.98 Å². The number of ether oxygens (including phenoxy) is 2. The summed E-state index contributed by atoms with van der Waals surface area (Å²) in [5.41, 5.74) is 0.528. The van der Waals surface area contributed by atoms with E-state index in [-0.39, 0.29) is 5.69 Å². The molecule has 0 spiro atoms. The molecule has 16 heavy (non-hydrogen) atoms. The molecule has 0 N–H and O–H groups in total. The molecule has 6 heteroatoms. The van der Waals surface area contributed by atoms with Crippen LogP contribution in [0, 0.1) is 10.1 Å². The topological polar surface area (TPSA) is 74.5 Å². The van der Waals surface area contributed by atoms with Gasteiger partial charge in [-0.1, -0.05) is 13.8 Å². The van der Waals surface area contributed by atoms with Gasteiger partial charge in [0.1, 0.15) is 6.20 Å². The van der Waals surface area contributed by atoms with Crippen molar-refractivity contribution in [2.75, 3.05) is 13.2 Å². The first-order valence-electron chi connectivity index (χ1n) is 5.11. The monoisotopic (exact) mass is 226 g/mol. The van der Waals surface area contributed by atoms with Gasteiger partial charge in [-0.25, -0.2) is 4.98 Å². The number of hydrogen-bond donors (Lipinski definition) is 0. The van der Waals surface area contributed by atoms with Crippen LogP contribution < -0.4 is 0 Å². The third-order valence-corrected chi connectivity index (χ3v) is 1.84. The highest BCUT2D eigenvalue weighted by atomic mass is 16.7. The summed E-state index contributed by atoms with van der Waals surface area (Å²) >= 11 is 0. The lowest BCUT2D eigenvalue weighted by atomic mass is 10.3. The second-order valence-corrected chi connectivity index (χ2v) is 2.77. The summed E-state index contributed by atoms with van der Waals surface area (Å²) in [4.78, 5) is 13.7. The minimum atomic E-state index is -0.493. The average Bonchev–Trinajstić information content (AvgIpc) is 2.85. The number of hydrogen-bond acceptors (Lipinski definition) is 5. The van der Waals surface area contributed by atoms with Gasteiger partial charge in [0.15, 0.2) is 0 Å². The van der Waals surface area contributed by atoms with Crippen LogP contribution in [0.5, 0.6) is 0 Å². The summed E-state index contributed by atoms with van der Waals surface area (Å²) in [5, 5.41) is 10.3. The highest BCUT2D eigenvalue weighted by Gasteiger charge is 2.20. The molecule has 6 nitrogen and oxygen atoms in total. The predicted molar refractivity (Wildman–Crippen MR) is 56.9 cm³/mol. The Morgan fingerprint density at radius 2 is 2.00 bits per heavy atom. The van der Waals surface area contributed by atoms with Crippen LogP contribution >= 0.6 is 0 Å². The quantitative estimate of drug-likeness (QED) is 0.570. The predicted octanol–water partition coefficient (Wildman–Crippen LogP) is 2.06. The molecule has 0 saturated carbocycles. The van der Waals surface area contributed by atoms with Crippen LogP contribution in [0.3, 0.4) is 0 Å². The van der Waals surface area contributed by atoms with E-state index in [0.717, 1.165) is 0 Å². The summed E-state index contributed by atoms with van der Waals surface area (Å²) in [6.07, 6.45) is 0.719. The second-order valence-electron chi connectivity index (χ2n) is 2.77. The Labute approximate surface area is 93.4 Å². The van der Waals surface area contributed by atoms with E-state index in [1.807, 2.05) is 13.8 Å². The minimum Gasteiger partial charge on any atom is -0.345 e. The molecule has 0 aromatic carbocycles. The zero-order valence-electron chi connectivity index (χ0n) is 9.25. The molecule has 2 rings (SSSR count). The molecular weight excluding hydrogens is 212 g/mol. The van der Waals surface area contributed by atoms with Gasteiger partial charge in [-0.05, 0) is 6.07 Å². The Balaban J connectivity index is 0.000000606. The maximum Gasteiger partial charge on any atom is 0.287 e. The molecule has 0 radical (unpaired) electrons. The first-order valence-corrected chi connectivity index (χ1v) is 5.11. The Bertz CT molecular complexity index is 333. The van der Waals surface area contributed by atoms with E-state index in [1.165, 1.54) is 18.3 Å². The smallest absolute Gasteiger partial charge is 0.287 e. The normalized spacial score (nSPS) is 15.4. The number of nitrogens with zero attached hydrogens (tertiary/aromatic N) is 2. The van der Waals surface area contributed by atoms with Crippen molar-refractivity contribution in [3.8, 4) is 0 Å². The first-order chi connectivity index (χ1) is 7.77. The van der Waals surface area contributed by atoms with Crippen molar-refractivity contribution in [1.29, 1.82) is 0 Å². The third kappa shape index (κ3) is 2.98. The largest absolute Gasteiger partial charge is 0.345 e. The summed E-state index contributed by atoms with van der Waals surface area (Å²) in [6, 6.07) is 2.92. The van der Waals surface area contributed by atoms with Crippen LogP contribution in [0.1, 0.15) is 25.8 Å². The van der Waals surface area contributed by atoms with E-state index in [1.54, 1.807) is 0 Å². The van der Waals surface area contributed by atoms with Crippen LogP contribution in [0.15, 0.2) is 18.3 Å². The number of pyridine rings is 1. The Kier molecular flexibility index (Phi) is 4.81. The van der Waals surface area contributed by atoms with Crippen LogP contribution in [-0.4, -0.2) is 23.1 Å². The van der Waals surface area contributed by atoms with Gasteiger partial charge in [-0.15, -0.1) is 0 Å². The highest BCUT2D eigenvalue weighted by molar-refractivity contribution is 5.27. The van der Waals surface area contributed by atoms with E-state index < -0.39 is 11.2 Å². The number of rotatable bonds is 2. The maximum absolute atomic E-state index is 10.3. The van der Waals surface area contributed by atoms with Crippen molar-refractivity contribution in [2.24, 2.45) is 0 Å². The molecule has 0 amide bonds. The van der Waals surface area contributed by atoms with Crippen LogP contribution in [-0.2, 0) is 9.47 Å². The summed E-state index contributed by atoms with van der Waals surface area (Å²) in [6.45, 7) is 5.06. The molecule has 1 aromatic heterocycles. The lowest BCUT2D eigenvalue weighted by Gasteiger charge is -2.06. The minimum absolute atomic E-state index is 0.0354. The fourth-order valence-corrected chi connectivity index (χ4v) is 1.17. The number of aromatic nitrogens is 1. The van der Waals surface area contributed by atoms with Gasteiger partial charge in [0.05, 0.1) is 23.8 Å². The van der Waals surface area contributed by atoms with Crippen molar-refractivity contribution in [3.63, 3.8) is 0 Å². The van der Waals surface area contributed by atoms with Gasteiger partial charge >= 0.3 is 0 Å². The molecule has 1 fully saturated rings. The SMILES string of the molecule is CC.O=[N+]([O-])c1ccc(C2OCCO2)nc1. The lowest BCUT2D eigenvalue weighted by molar-refractivity contribution is -0.385. The van der Waals surface area contributed by atoms with E-state index in [9.17, 15) is 10.1 Å². The molecule has 1 saturated heterocycles. The van der Waals surface area contributed by atoms with Gasteiger partial charge in [0.2, 0.25) is 6.29 Å². The Morgan fingerprint density at radius 1 is 1.38 bits per heavy atom. The molecule has 1 aromatic rings. The molecule has 1 aliphatic rings. The van der Waals surface area contributed by atoms with Crippen molar-refractivity contribution in [3.05, 3.63) is 34.1 Å². The van der Waals surface area contributed by atoms with Crippen LogP contribution in [0.4, 0.5) is 5.69 Å². The van der Waals surface area contributed by atoms with E-state index in [0.29, 0.717) is 18.9 Å². The fraction of sp³-hybridized carbons (Fsp3) is 0.500. The summed E-state index contributed by atoms with van der Waals surface area (Å²) in [7, 11) is 0. The maximum atomic E-state index is 10.3. The molecule has 1 aliphatic heterocycles. The molecule has 2 heterocycles. The van der Waals surface area contributed by atoms with Crippen molar-refractivity contribution < 1.29 is 14.4 Å². The fourth-order valence-electron chi connectivity index (χ4n) is 1.17. The molecule has 0 aliphatic carbocycles. The third-order valence-electron chi connectivity index (χ3n) is 1.84. The van der Waals surface area contributed by atoms with Crippen molar-refractivity contribution in [1.82, 2.24) is 4.98 Å². The first kappa shape index (κ1) is 12.5. The summed E-state index contributed by atoms with van der Waals surface area (Å²) < 4.78 is 10.4. The van der Waals surface area contributed by atoms with E-state index in [4.69, 9.17) is 9.47 Å². The molecule has 0 bridgehead atoms. The van der Waals surface area contributed by atoms with Gasteiger partial charge in [0.25, 0.3) is 5.69 Å². The van der Waals surface area contributed by atoms with Gasteiger partial charge in [0, 0.05) is 6.07 Å². The van der Waals surface area contributed by atoms with Crippen LogP contribution in [0.2, 0.25) is 0 Å². The molecule has 88 valence electrons. The molecule has 0 unspecified atom stereocenters. The highest BCUT2D eigenvalue weighted by Crippen LogP contribution is 2.22. The standard InChI is InChI=1S/C8H8N2O4.C2H6/c11-10(12)6-1-2-7(9-5-6)8-13-3-4-14-8;1-2/h1-2,5,8H,3-4H2;1-2H3. The Hall–Kier alpha value is -1.53. The molecule has 0 atom stereocenters. The van der Waals surface area contributed by atoms with Crippen molar-refractivity contribution >= 4 is 5.69 Å². The lowest BCUT2D eigenvalue weighted by Crippen LogP contribution is -2.01. The zero-order valence-corrected chi connectivity index (χ0v) is 9.25. The van der Waals surface area contributed by atoms with Gasteiger partial charge in [-0.2, -0.15) is 0 Å². The second kappa shape index (κ2) is 6.14. The average molecular weight is 226 g/mol.